The lowest BCUT2D eigenvalue weighted by molar-refractivity contribution is -0.118. The molecule has 2 aliphatic rings. The number of aromatic hydroxyl groups is 1. The number of cyclic esters (lactones) is 1. The fraction of sp³-hybridized carbons (Fsp3) is 0.280. The summed E-state index contributed by atoms with van der Waals surface area (Å²) in [4.78, 5) is 34.1. The van der Waals surface area contributed by atoms with E-state index in [4.69, 9.17) is 14.2 Å². The van der Waals surface area contributed by atoms with Gasteiger partial charge in [0.1, 0.15) is 17.7 Å². The van der Waals surface area contributed by atoms with Gasteiger partial charge in [-0.15, -0.1) is 0 Å². The van der Waals surface area contributed by atoms with Crippen LogP contribution in [0.3, 0.4) is 0 Å². The third-order valence-corrected chi connectivity index (χ3v) is 5.85. The van der Waals surface area contributed by atoms with Crippen LogP contribution in [0.4, 0.5) is 16.4 Å². The lowest BCUT2D eigenvalue weighted by Crippen LogP contribution is -2.29. The van der Waals surface area contributed by atoms with E-state index in [1.54, 1.807) is 31.4 Å². The van der Waals surface area contributed by atoms with Gasteiger partial charge in [-0.25, -0.2) is 14.8 Å². The summed E-state index contributed by atoms with van der Waals surface area (Å²) in [6.45, 7) is 1.47. The van der Waals surface area contributed by atoms with Crippen molar-refractivity contribution in [2.45, 2.75) is 19.1 Å². The normalized spacial score (nSPS) is 16.7. The third-order valence-electron chi connectivity index (χ3n) is 5.85. The molecule has 4 heterocycles. The number of phenolic OH excluding ortho intramolecular Hbond substituents is 1. The Morgan fingerprint density at radius 3 is 2.94 bits per heavy atom. The number of nitrogens with zero attached hydrogens (tertiary/aromatic N) is 3. The average Bonchev–Trinajstić information content (AvgIpc) is 3.27. The molecule has 0 spiro atoms. The molecule has 1 fully saturated rings. The Balaban J connectivity index is 1.15. The van der Waals surface area contributed by atoms with Gasteiger partial charge in [-0.1, -0.05) is 12.1 Å². The van der Waals surface area contributed by atoms with Crippen LogP contribution in [0.2, 0.25) is 0 Å². The molecule has 36 heavy (non-hydrogen) atoms. The van der Waals surface area contributed by atoms with Crippen LogP contribution in [-0.4, -0.2) is 60.0 Å². The van der Waals surface area contributed by atoms with Gasteiger partial charge in [0.05, 0.1) is 19.3 Å². The predicted molar refractivity (Wildman–Crippen MR) is 130 cm³/mol. The molecule has 1 aromatic carbocycles. The second-order valence-electron chi connectivity index (χ2n) is 8.35. The summed E-state index contributed by atoms with van der Waals surface area (Å²) in [5, 5.41) is 16.3. The molecule has 0 radical (unpaired) electrons. The van der Waals surface area contributed by atoms with Gasteiger partial charge in [0, 0.05) is 18.2 Å². The molecular formula is C25H25N5O6. The number of hydrogen-bond donors (Lipinski definition) is 3. The van der Waals surface area contributed by atoms with Crippen molar-refractivity contribution in [1.29, 1.82) is 0 Å². The molecule has 11 heteroatoms. The maximum Gasteiger partial charge on any atom is 0.415 e. The van der Waals surface area contributed by atoms with Crippen LogP contribution in [0.1, 0.15) is 12.0 Å². The molecule has 3 aromatic rings. The Morgan fingerprint density at radius 1 is 1.19 bits per heavy atom. The van der Waals surface area contributed by atoms with Crippen LogP contribution >= 0.6 is 0 Å². The number of amides is 2. The maximum absolute atomic E-state index is 12.4. The lowest BCUT2D eigenvalue weighted by Gasteiger charge is -2.19. The van der Waals surface area contributed by atoms with Crippen LogP contribution in [0.25, 0.3) is 11.3 Å². The Hall–Kier alpha value is -4.38. The quantitative estimate of drug-likeness (QED) is 0.407. The van der Waals surface area contributed by atoms with E-state index < -0.39 is 6.09 Å². The van der Waals surface area contributed by atoms with Crippen molar-refractivity contribution in [2.24, 2.45) is 0 Å². The number of pyridine rings is 2. The number of methoxy groups -OCH3 is 1. The monoisotopic (exact) mass is 491 g/mol. The van der Waals surface area contributed by atoms with E-state index >= 15 is 0 Å². The molecule has 0 bridgehead atoms. The second-order valence-corrected chi connectivity index (χ2v) is 8.35. The molecular weight excluding hydrogens is 466 g/mol. The van der Waals surface area contributed by atoms with E-state index in [0.717, 1.165) is 5.56 Å². The van der Waals surface area contributed by atoms with E-state index in [0.29, 0.717) is 60.6 Å². The molecule has 0 saturated carbocycles. The van der Waals surface area contributed by atoms with Crippen LogP contribution in [0.15, 0.2) is 48.5 Å². The number of ether oxygens (including phenoxy) is 3. The molecule has 5 rings (SSSR count). The fourth-order valence-corrected chi connectivity index (χ4v) is 4.04. The minimum atomic E-state index is -0.482. The Bertz CT molecular complexity index is 1300. The van der Waals surface area contributed by atoms with Gasteiger partial charge in [-0.05, 0) is 48.9 Å². The van der Waals surface area contributed by atoms with Gasteiger partial charge >= 0.3 is 6.09 Å². The first-order chi connectivity index (χ1) is 17.5. The van der Waals surface area contributed by atoms with Crippen LogP contribution in [-0.2, 0) is 16.1 Å². The van der Waals surface area contributed by atoms with E-state index in [1.165, 1.54) is 4.90 Å². The summed E-state index contributed by atoms with van der Waals surface area (Å²) in [6.07, 6.45) is -0.176. The van der Waals surface area contributed by atoms with Crippen molar-refractivity contribution in [3.8, 4) is 28.6 Å². The molecule has 2 aromatic heterocycles. The van der Waals surface area contributed by atoms with Gasteiger partial charge < -0.3 is 30.0 Å². The number of nitrogens with one attached hydrogen (secondary N) is 2. The number of carbonyl (C=O) groups is 2. The molecule has 2 aliphatic heterocycles. The van der Waals surface area contributed by atoms with Crippen LogP contribution < -0.4 is 25.0 Å². The summed E-state index contributed by atoms with van der Waals surface area (Å²) in [6, 6.07) is 14.1. The number of anilines is 2. The summed E-state index contributed by atoms with van der Waals surface area (Å²) in [7, 11) is 1.55. The van der Waals surface area contributed by atoms with E-state index in [2.05, 4.69) is 20.6 Å². The van der Waals surface area contributed by atoms with Gasteiger partial charge in [0.25, 0.3) is 5.91 Å². The van der Waals surface area contributed by atoms with E-state index in [9.17, 15) is 14.7 Å². The summed E-state index contributed by atoms with van der Waals surface area (Å²) in [5.74, 6) is 1.47. The standard InChI is InChI=1S/C25H25N5O6/c1-34-23-4-2-3-18(27-23)17-11-15(5-6-19(17)31)12-26-10-9-16-13-30(25(33)36-16)21-8-7-20-24(28-21)29-22(32)14-35-20/h2-8,11,16,26,31H,9-10,12-14H2,1H3,(H,28,29,32). The second kappa shape index (κ2) is 10.1. The highest BCUT2D eigenvalue weighted by molar-refractivity contribution is 5.95. The number of carbonyl (C=O) groups excluding carboxylic acids is 2. The highest BCUT2D eigenvalue weighted by Crippen LogP contribution is 2.31. The SMILES string of the molecule is COc1cccc(-c2cc(CNCCC3CN(c4ccc5c(n4)NC(=O)CO5)C(=O)O3)ccc2O)n1. The number of fused-ring (bicyclic) bond motifs is 1. The largest absolute Gasteiger partial charge is 0.507 e. The third kappa shape index (κ3) is 5.01. The number of aromatic nitrogens is 2. The summed E-state index contributed by atoms with van der Waals surface area (Å²) in [5.41, 5.74) is 2.21. The first-order valence-corrected chi connectivity index (χ1v) is 11.5. The first kappa shape index (κ1) is 23.4. The van der Waals surface area contributed by atoms with Crippen molar-refractivity contribution >= 4 is 23.6 Å². The van der Waals surface area contributed by atoms with E-state index in [1.807, 2.05) is 24.3 Å². The minimum Gasteiger partial charge on any atom is -0.507 e. The Morgan fingerprint density at radius 2 is 2.08 bits per heavy atom. The topological polar surface area (TPSA) is 135 Å². The smallest absolute Gasteiger partial charge is 0.415 e. The number of phenols is 1. The van der Waals surface area contributed by atoms with Gasteiger partial charge in [0.15, 0.2) is 18.2 Å². The van der Waals surface area contributed by atoms with Crippen molar-refractivity contribution in [1.82, 2.24) is 15.3 Å². The molecule has 1 unspecified atom stereocenters. The van der Waals surface area contributed by atoms with Gasteiger partial charge in [0.2, 0.25) is 5.88 Å². The molecule has 1 saturated heterocycles. The fourth-order valence-electron chi connectivity index (χ4n) is 4.04. The summed E-state index contributed by atoms with van der Waals surface area (Å²) >= 11 is 0. The van der Waals surface area contributed by atoms with Crippen molar-refractivity contribution < 1.29 is 28.9 Å². The zero-order valence-corrected chi connectivity index (χ0v) is 19.6. The van der Waals surface area contributed by atoms with E-state index in [-0.39, 0.29) is 24.4 Å². The van der Waals surface area contributed by atoms with Crippen molar-refractivity contribution in [3.63, 3.8) is 0 Å². The lowest BCUT2D eigenvalue weighted by atomic mass is 10.1. The van der Waals surface area contributed by atoms with Crippen molar-refractivity contribution in [3.05, 3.63) is 54.1 Å². The predicted octanol–water partition coefficient (Wildman–Crippen LogP) is 2.69. The maximum atomic E-state index is 12.4. The molecule has 2 amide bonds. The molecule has 186 valence electrons. The Labute approximate surface area is 207 Å². The number of hydrogen-bond acceptors (Lipinski definition) is 9. The number of rotatable bonds is 8. The highest BCUT2D eigenvalue weighted by Gasteiger charge is 2.33. The zero-order chi connectivity index (χ0) is 25.1. The van der Waals surface area contributed by atoms with Gasteiger partial charge in [-0.2, -0.15) is 0 Å². The molecule has 11 nitrogen and oxygen atoms in total. The molecule has 1 atom stereocenters. The first-order valence-electron chi connectivity index (χ1n) is 11.5. The highest BCUT2D eigenvalue weighted by atomic mass is 16.6. The summed E-state index contributed by atoms with van der Waals surface area (Å²) < 4.78 is 16.0. The minimum absolute atomic E-state index is 0.0573. The van der Waals surface area contributed by atoms with Crippen molar-refractivity contribution in [2.75, 3.05) is 37.0 Å². The van der Waals surface area contributed by atoms with Crippen LogP contribution in [0.5, 0.6) is 17.4 Å². The Kier molecular flexibility index (Phi) is 6.54. The number of benzene rings is 1. The zero-order valence-electron chi connectivity index (χ0n) is 19.6. The van der Waals surface area contributed by atoms with Gasteiger partial charge in [-0.3, -0.25) is 9.69 Å². The molecule has 0 aliphatic carbocycles. The average molecular weight is 492 g/mol. The van der Waals surface area contributed by atoms with Crippen LogP contribution in [0, 0.1) is 0 Å². The molecule has 3 N–H and O–H groups in total.